The highest BCUT2D eigenvalue weighted by Crippen LogP contribution is 2.10. The summed E-state index contributed by atoms with van der Waals surface area (Å²) in [5.41, 5.74) is 2.11. The highest BCUT2D eigenvalue weighted by Gasteiger charge is 2.26. The lowest BCUT2D eigenvalue weighted by Gasteiger charge is -2.19. The summed E-state index contributed by atoms with van der Waals surface area (Å²) in [4.78, 5) is 16.7. The summed E-state index contributed by atoms with van der Waals surface area (Å²) in [6, 6.07) is 22.3. The van der Waals surface area contributed by atoms with Crippen molar-refractivity contribution in [2.45, 2.75) is 36.6 Å². The minimum Gasteiger partial charge on any atom is -0.355 e. The summed E-state index contributed by atoms with van der Waals surface area (Å²) in [5, 5.41) is 2.87. The number of unbranched alkanes of at least 4 members (excludes halogenated alkanes) is 1. The van der Waals surface area contributed by atoms with Gasteiger partial charge in [-0.1, -0.05) is 54.6 Å². The number of pyridine rings is 1. The van der Waals surface area contributed by atoms with Crippen molar-refractivity contribution in [3.8, 4) is 0 Å². The van der Waals surface area contributed by atoms with Crippen LogP contribution in [0, 0.1) is 6.07 Å². The molecule has 0 aliphatic heterocycles. The second-order valence-corrected chi connectivity index (χ2v) is 8.92. The number of nitrogens with one attached hydrogen (secondary N) is 2. The largest absolute Gasteiger partial charge is 0.355 e. The number of nitrogens with zero attached hydrogens (tertiary/aromatic N) is 1. The third kappa shape index (κ3) is 7.31. The topological polar surface area (TPSA) is 88.2 Å². The molecule has 1 heterocycles. The molecule has 1 aromatic heterocycles. The average molecular weight is 437 g/mol. The fraction of sp³-hybridized carbons (Fsp3) is 0.250. The third-order valence-electron chi connectivity index (χ3n) is 4.82. The number of rotatable bonds is 11. The fourth-order valence-electron chi connectivity index (χ4n) is 3.18. The molecule has 7 heteroatoms. The zero-order valence-electron chi connectivity index (χ0n) is 17.2. The highest BCUT2D eigenvalue weighted by atomic mass is 32.2. The van der Waals surface area contributed by atoms with Crippen LogP contribution in [0.4, 0.5) is 0 Å². The minimum absolute atomic E-state index is 0.0251. The van der Waals surface area contributed by atoms with Gasteiger partial charge in [-0.3, -0.25) is 9.78 Å². The lowest BCUT2D eigenvalue weighted by molar-refractivity contribution is -0.122. The van der Waals surface area contributed by atoms with Gasteiger partial charge in [-0.25, -0.2) is 8.42 Å². The Morgan fingerprint density at radius 3 is 2.45 bits per heavy atom. The van der Waals surface area contributed by atoms with Crippen molar-refractivity contribution >= 4 is 15.9 Å². The number of aromatic nitrogens is 1. The van der Waals surface area contributed by atoms with Crippen molar-refractivity contribution < 1.29 is 13.2 Å². The summed E-state index contributed by atoms with van der Waals surface area (Å²) in [5.74, 6) is -0.347. The molecule has 0 unspecified atom stereocenters. The molecule has 0 bridgehead atoms. The van der Waals surface area contributed by atoms with Gasteiger partial charge in [-0.2, -0.15) is 4.72 Å². The van der Waals surface area contributed by atoms with Gasteiger partial charge in [-0.05, 0) is 55.0 Å². The molecule has 0 aliphatic carbocycles. The Balaban J connectivity index is 1.59. The normalized spacial score (nSPS) is 12.3. The Bertz CT molecular complexity index is 1040. The zero-order chi connectivity index (χ0) is 21.9. The number of carbonyl (C=O) groups is 1. The Hall–Kier alpha value is -3.03. The van der Waals surface area contributed by atoms with E-state index in [0.29, 0.717) is 6.54 Å². The molecule has 1 atom stereocenters. The van der Waals surface area contributed by atoms with E-state index in [2.05, 4.69) is 33.2 Å². The average Bonchev–Trinajstić information content (AvgIpc) is 2.80. The number of sulfonamides is 1. The molecule has 1 radical (unpaired) electrons. The molecule has 2 aromatic carbocycles. The van der Waals surface area contributed by atoms with E-state index in [1.165, 1.54) is 24.0 Å². The van der Waals surface area contributed by atoms with E-state index in [4.69, 9.17) is 0 Å². The first-order valence-corrected chi connectivity index (χ1v) is 11.7. The van der Waals surface area contributed by atoms with Crippen LogP contribution in [0.15, 0.2) is 84.0 Å². The molecule has 0 spiro atoms. The summed E-state index contributed by atoms with van der Waals surface area (Å²) in [7, 11) is -3.88. The number of amides is 1. The minimum atomic E-state index is -3.88. The van der Waals surface area contributed by atoms with Crippen LogP contribution < -0.4 is 10.0 Å². The van der Waals surface area contributed by atoms with E-state index in [-0.39, 0.29) is 17.2 Å². The number of hydrogen-bond donors (Lipinski definition) is 2. The van der Waals surface area contributed by atoms with Gasteiger partial charge in [-0.15, -0.1) is 0 Å². The van der Waals surface area contributed by atoms with Crippen molar-refractivity contribution in [1.82, 2.24) is 15.0 Å². The van der Waals surface area contributed by atoms with Gasteiger partial charge in [0, 0.05) is 18.9 Å². The van der Waals surface area contributed by atoms with Crippen molar-refractivity contribution in [3.63, 3.8) is 0 Å². The zero-order valence-corrected chi connectivity index (χ0v) is 18.0. The summed E-state index contributed by atoms with van der Waals surface area (Å²) < 4.78 is 28.0. The highest BCUT2D eigenvalue weighted by molar-refractivity contribution is 7.89. The molecule has 0 fully saturated rings. The van der Waals surface area contributed by atoms with E-state index >= 15 is 0 Å². The van der Waals surface area contributed by atoms with Gasteiger partial charge in [0.25, 0.3) is 0 Å². The van der Waals surface area contributed by atoms with Gasteiger partial charge in [0.2, 0.25) is 15.9 Å². The van der Waals surface area contributed by atoms with E-state index in [1.807, 2.05) is 30.3 Å². The van der Waals surface area contributed by atoms with E-state index < -0.39 is 16.1 Å². The lowest BCUT2D eigenvalue weighted by atomic mass is 10.1. The SMILES string of the molecule is O=C(NCCCCc1ccccc1)[C@H](Cc1cc[c]cc1)NS(=O)(=O)c1cccnc1. The molecular weight excluding hydrogens is 410 g/mol. The Morgan fingerprint density at radius 2 is 1.74 bits per heavy atom. The van der Waals surface area contributed by atoms with Crippen molar-refractivity contribution in [1.29, 1.82) is 0 Å². The monoisotopic (exact) mass is 436 g/mol. The predicted molar refractivity (Wildman–Crippen MR) is 120 cm³/mol. The van der Waals surface area contributed by atoms with Crippen molar-refractivity contribution in [2.24, 2.45) is 0 Å². The van der Waals surface area contributed by atoms with Crippen molar-refractivity contribution in [2.75, 3.05) is 6.54 Å². The smallest absolute Gasteiger partial charge is 0.242 e. The van der Waals surface area contributed by atoms with E-state index in [0.717, 1.165) is 24.8 Å². The van der Waals surface area contributed by atoms with Crippen LogP contribution in [0.25, 0.3) is 0 Å². The number of carbonyl (C=O) groups excluding carboxylic acids is 1. The van der Waals surface area contributed by atoms with Gasteiger partial charge in [0.1, 0.15) is 10.9 Å². The second kappa shape index (κ2) is 11.4. The van der Waals surface area contributed by atoms with Crippen molar-refractivity contribution in [3.05, 3.63) is 96.3 Å². The molecule has 0 saturated heterocycles. The first-order valence-electron chi connectivity index (χ1n) is 10.2. The predicted octanol–water partition coefficient (Wildman–Crippen LogP) is 2.91. The fourth-order valence-corrected chi connectivity index (χ4v) is 4.33. The molecular formula is C24H26N3O3S. The summed E-state index contributed by atoms with van der Waals surface area (Å²) in [6.45, 7) is 0.485. The number of aryl methyl sites for hydroxylation is 1. The standard InChI is InChI=1S/C24H26N3O3S/c28-24(26-17-8-7-12-20-10-3-1-4-11-20)23(18-21-13-5-2-6-14-21)27-31(29,30)22-15-9-16-25-19-22/h1,3-6,9-11,13-16,19,23,27H,7-8,12,17-18H2,(H,26,28)/t23-/m0/s1. The quantitative estimate of drug-likeness (QED) is 0.453. The number of benzene rings is 2. The molecule has 3 aromatic rings. The Kier molecular flexibility index (Phi) is 8.32. The van der Waals surface area contributed by atoms with Crippen LogP contribution in [0.2, 0.25) is 0 Å². The van der Waals surface area contributed by atoms with Gasteiger partial charge < -0.3 is 5.32 Å². The first kappa shape index (κ1) is 22.7. The third-order valence-corrected chi connectivity index (χ3v) is 6.28. The molecule has 161 valence electrons. The number of hydrogen-bond acceptors (Lipinski definition) is 4. The van der Waals surface area contributed by atoms with E-state index in [9.17, 15) is 13.2 Å². The Morgan fingerprint density at radius 1 is 0.968 bits per heavy atom. The van der Waals surface area contributed by atoms with Crippen LogP contribution in [0.5, 0.6) is 0 Å². The summed E-state index contributed by atoms with van der Waals surface area (Å²) in [6.07, 6.45) is 5.68. The molecule has 3 rings (SSSR count). The lowest BCUT2D eigenvalue weighted by Crippen LogP contribution is -2.48. The van der Waals surface area contributed by atoms with Crippen LogP contribution >= 0.6 is 0 Å². The Labute approximate surface area is 183 Å². The second-order valence-electron chi connectivity index (χ2n) is 7.21. The summed E-state index contributed by atoms with van der Waals surface area (Å²) >= 11 is 0. The van der Waals surface area contributed by atoms with Crippen LogP contribution in [-0.2, 0) is 27.7 Å². The molecule has 0 aliphatic rings. The molecule has 1 amide bonds. The van der Waals surface area contributed by atoms with Gasteiger partial charge in [0.15, 0.2) is 0 Å². The van der Waals surface area contributed by atoms with Crippen LogP contribution in [0.1, 0.15) is 24.0 Å². The molecule has 0 saturated carbocycles. The maximum atomic E-state index is 12.8. The molecule has 31 heavy (non-hydrogen) atoms. The maximum absolute atomic E-state index is 12.8. The van der Waals surface area contributed by atoms with Crippen LogP contribution in [-0.4, -0.2) is 31.9 Å². The maximum Gasteiger partial charge on any atom is 0.242 e. The van der Waals surface area contributed by atoms with E-state index in [1.54, 1.807) is 18.2 Å². The molecule has 2 N–H and O–H groups in total. The molecule has 6 nitrogen and oxygen atoms in total. The van der Waals surface area contributed by atoms with Gasteiger partial charge in [0.05, 0.1) is 0 Å². The first-order chi connectivity index (χ1) is 15.0. The van der Waals surface area contributed by atoms with Crippen LogP contribution in [0.3, 0.4) is 0 Å². The van der Waals surface area contributed by atoms with Gasteiger partial charge >= 0.3 is 0 Å².